The molecule has 0 saturated carbocycles. The van der Waals surface area contributed by atoms with Crippen molar-refractivity contribution in [3.05, 3.63) is 72.1 Å². The van der Waals surface area contributed by atoms with Gasteiger partial charge in [0.05, 0.1) is 14.2 Å². The minimum atomic E-state index is 0.311. The van der Waals surface area contributed by atoms with Crippen LogP contribution in [0.4, 0.5) is 0 Å². The van der Waals surface area contributed by atoms with Crippen molar-refractivity contribution >= 4 is 0 Å². The van der Waals surface area contributed by atoms with E-state index in [1.807, 2.05) is 42.5 Å². The third kappa shape index (κ3) is 4.57. The fraction of sp³-hybridized carbons (Fsp3) is 0.227. The van der Waals surface area contributed by atoms with Crippen LogP contribution in [0.5, 0.6) is 17.2 Å². The highest BCUT2D eigenvalue weighted by molar-refractivity contribution is 5.73. The Labute approximate surface area is 159 Å². The molecule has 1 aromatic heterocycles. The van der Waals surface area contributed by atoms with E-state index in [1.54, 1.807) is 32.7 Å². The summed E-state index contributed by atoms with van der Waals surface area (Å²) in [4.78, 5) is 4.07. The Balaban J connectivity index is 1.72. The molecule has 1 heterocycles. The summed E-state index contributed by atoms with van der Waals surface area (Å²) < 4.78 is 11.2. The molecule has 0 fully saturated rings. The summed E-state index contributed by atoms with van der Waals surface area (Å²) in [6.07, 6.45) is 4.31. The van der Waals surface area contributed by atoms with Gasteiger partial charge in [0.15, 0.2) is 0 Å². The molecule has 140 valence electrons. The molecular formula is C22H24N2O3. The van der Waals surface area contributed by atoms with Crippen LogP contribution < -0.4 is 14.8 Å². The number of pyridine rings is 1. The van der Waals surface area contributed by atoms with Crippen molar-refractivity contribution in [2.75, 3.05) is 20.8 Å². The predicted octanol–water partition coefficient (Wildman–Crippen LogP) is 3.80. The number of benzene rings is 2. The third-order valence-electron chi connectivity index (χ3n) is 4.47. The molecule has 0 aliphatic carbocycles. The molecule has 0 aliphatic heterocycles. The van der Waals surface area contributed by atoms with Gasteiger partial charge in [-0.25, -0.2) is 0 Å². The summed E-state index contributed by atoms with van der Waals surface area (Å²) in [6, 6.07) is 15.3. The van der Waals surface area contributed by atoms with Crippen molar-refractivity contribution in [1.82, 2.24) is 10.3 Å². The summed E-state index contributed by atoms with van der Waals surface area (Å²) >= 11 is 0. The second-order valence-electron chi connectivity index (χ2n) is 6.16. The lowest BCUT2D eigenvalue weighted by atomic mass is 10.0. The van der Waals surface area contributed by atoms with Crippen LogP contribution in [-0.4, -0.2) is 30.9 Å². The fourth-order valence-electron chi connectivity index (χ4n) is 3.02. The fourth-order valence-corrected chi connectivity index (χ4v) is 3.02. The van der Waals surface area contributed by atoms with Crippen molar-refractivity contribution in [3.8, 4) is 28.4 Å². The van der Waals surface area contributed by atoms with Crippen LogP contribution in [0.15, 0.2) is 60.9 Å². The molecular weight excluding hydrogens is 340 g/mol. The number of para-hydroxylation sites is 1. The zero-order valence-electron chi connectivity index (χ0n) is 15.6. The van der Waals surface area contributed by atoms with Gasteiger partial charge in [-0.1, -0.05) is 18.2 Å². The first-order valence-electron chi connectivity index (χ1n) is 8.86. The summed E-state index contributed by atoms with van der Waals surface area (Å²) in [5, 5.41) is 13.2. The van der Waals surface area contributed by atoms with Crippen LogP contribution in [-0.2, 0) is 13.0 Å². The molecule has 2 aromatic carbocycles. The molecule has 0 atom stereocenters. The third-order valence-corrected chi connectivity index (χ3v) is 4.47. The number of methoxy groups -OCH3 is 2. The Morgan fingerprint density at radius 1 is 0.926 bits per heavy atom. The van der Waals surface area contributed by atoms with Crippen molar-refractivity contribution in [3.63, 3.8) is 0 Å². The second kappa shape index (κ2) is 9.05. The van der Waals surface area contributed by atoms with Gasteiger partial charge in [0.2, 0.25) is 0 Å². The lowest BCUT2D eigenvalue weighted by Gasteiger charge is -2.15. The maximum atomic E-state index is 9.84. The van der Waals surface area contributed by atoms with Gasteiger partial charge < -0.3 is 19.9 Å². The minimum Gasteiger partial charge on any atom is -0.508 e. The molecule has 2 N–H and O–H groups in total. The Morgan fingerprint density at radius 3 is 2.37 bits per heavy atom. The summed E-state index contributed by atoms with van der Waals surface area (Å²) in [6.45, 7) is 1.36. The van der Waals surface area contributed by atoms with Crippen LogP contribution in [0.3, 0.4) is 0 Å². The molecule has 3 aromatic rings. The summed E-state index contributed by atoms with van der Waals surface area (Å²) in [5.74, 6) is 1.94. The Hall–Kier alpha value is -3.05. The largest absolute Gasteiger partial charge is 0.508 e. The number of hydrogen-bond donors (Lipinski definition) is 2. The minimum absolute atomic E-state index is 0.311. The van der Waals surface area contributed by atoms with Crippen molar-refractivity contribution in [1.29, 1.82) is 0 Å². The van der Waals surface area contributed by atoms with E-state index in [9.17, 15) is 5.11 Å². The highest BCUT2D eigenvalue weighted by Crippen LogP contribution is 2.36. The van der Waals surface area contributed by atoms with Crippen LogP contribution in [0.2, 0.25) is 0 Å². The topological polar surface area (TPSA) is 63.6 Å². The Kier molecular flexibility index (Phi) is 6.28. The van der Waals surface area contributed by atoms with E-state index in [1.165, 1.54) is 0 Å². The van der Waals surface area contributed by atoms with Crippen molar-refractivity contribution in [2.45, 2.75) is 13.0 Å². The molecule has 0 spiro atoms. The molecule has 3 rings (SSSR count). The summed E-state index contributed by atoms with van der Waals surface area (Å²) in [7, 11) is 3.35. The molecule has 0 radical (unpaired) electrons. The highest BCUT2D eigenvalue weighted by Gasteiger charge is 2.13. The number of phenolic OH excluding ortho intramolecular Hbond substituents is 1. The monoisotopic (exact) mass is 364 g/mol. The van der Waals surface area contributed by atoms with E-state index in [0.717, 1.165) is 46.7 Å². The molecule has 0 bridgehead atoms. The maximum Gasteiger partial charge on any atom is 0.127 e. The van der Waals surface area contributed by atoms with E-state index in [-0.39, 0.29) is 0 Å². The van der Waals surface area contributed by atoms with Gasteiger partial charge in [0.25, 0.3) is 0 Å². The van der Waals surface area contributed by atoms with Crippen LogP contribution in [0.25, 0.3) is 11.1 Å². The van der Waals surface area contributed by atoms with E-state index in [0.29, 0.717) is 12.3 Å². The molecule has 0 unspecified atom stereocenters. The van der Waals surface area contributed by atoms with Gasteiger partial charge in [-0.15, -0.1) is 0 Å². The number of aromatic nitrogens is 1. The Bertz CT molecular complexity index is 882. The van der Waals surface area contributed by atoms with E-state index in [2.05, 4.69) is 10.3 Å². The SMILES string of the molecule is COc1cc(-c2ccncc2)c(OC)cc1CCNCc1ccccc1O. The van der Waals surface area contributed by atoms with Crippen LogP contribution in [0.1, 0.15) is 11.1 Å². The van der Waals surface area contributed by atoms with Gasteiger partial charge in [0, 0.05) is 30.1 Å². The van der Waals surface area contributed by atoms with Gasteiger partial charge in [0.1, 0.15) is 17.2 Å². The number of ether oxygens (including phenoxy) is 2. The number of aromatic hydroxyl groups is 1. The first kappa shape index (κ1) is 18.7. The second-order valence-corrected chi connectivity index (χ2v) is 6.16. The molecule has 5 heteroatoms. The van der Waals surface area contributed by atoms with Gasteiger partial charge >= 0.3 is 0 Å². The van der Waals surface area contributed by atoms with E-state index >= 15 is 0 Å². The first-order valence-corrected chi connectivity index (χ1v) is 8.86. The standard InChI is InChI=1S/C22H24N2O3/c1-26-21-14-19(16-7-10-23-11-8-16)22(27-2)13-17(21)9-12-24-15-18-5-3-4-6-20(18)25/h3-8,10-11,13-14,24-25H,9,12,15H2,1-2H3. The van der Waals surface area contributed by atoms with Crippen molar-refractivity contribution in [2.24, 2.45) is 0 Å². The average molecular weight is 364 g/mol. The highest BCUT2D eigenvalue weighted by atomic mass is 16.5. The smallest absolute Gasteiger partial charge is 0.127 e. The average Bonchev–Trinajstić information content (AvgIpc) is 2.72. The maximum absolute atomic E-state index is 9.84. The summed E-state index contributed by atoms with van der Waals surface area (Å²) in [5.41, 5.74) is 3.96. The van der Waals surface area contributed by atoms with Crippen LogP contribution >= 0.6 is 0 Å². The van der Waals surface area contributed by atoms with Crippen LogP contribution in [0, 0.1) is 0 Å². The lowest BCUT2D eigenvalue weighted by molar-refractivity contribution is 0.399. The quantitative estimate of drug-likeness (QED) is 0.595. The number of nitrogens with zero attached hydrogens (tertiary/aromatic N) is 1. The number of hydrogen-bond acceptors (Lipinski definition) is 5. The van der Waals surface area contributed by atoms with E-state index in [4.69, 9.17) is 9.47 Å². The zero-order valence-corrected chi connectivity index (χ0v) is 15.6. The molecule has 0 aliphatic rings. The molecule has 0 amide bonds. The predicted molar refractivity (Wildman–Crippen MR) is 106 cm³/mol. The number of phenols is 1. The number of rotatable bonds is 8. The molecule has 5 nitrogen and oxygen atoms in total. The molecule has 27 heavy (non-hydrogen) atoms. The first-order chi connectivity index (χ1) is 13.2. The van der Waals surface area contributed by atoms with Crippen molar-refractivity contribution < 1.29 is 14.6 Å². The lowest BCUT2D eigenvalue weighted by Crippen LogP contribution is -2.17. The van der Waals surface area contributed by atoms with Gasteiger partial charge in [-0.2, -0.15) is 0 Å². The number of nitrogens with one attached hydrogen (secondary N) is 1. The van der Waals surface area contributed by atoms with Gasteiger partial charge in [-0.05, 0) is 54.4 Å². The zero-order chi connectivity index (χ0) is 19.1. The Morgan fingerprint density at radius 2 is 1.67 bits per heavy atom. The van der Waals surface area contributed by atoms with E-state index < -0.39 is 0 Å². The molecule has 0 saturated heterocycles. The van der Waals surface area contributed by atoms with Gasteiger partial charge in [-0.3, -0.25) is 4.98 Å². The normalized spacial score (nSPS) is 10.6.